The fraction of sp³-hybridized carbons (Fsp3) is 0.714. The number of nitrogens with zero attached hydrogens (tertiary/aromatic N) is 3. The maximum Gasteiger partial charge on any atom is 0.287 e. The van der Waals surface area contributed by atoms with Gasteiger partial charge in [-0.2, -0.15) is 5.10 Å². The van der Waals surface area contributed by atoms with E-state index in [2.05, 4.69) is 10.4 Å². The van der Waals surface area contributed by atoms with Gasteiger partial charge in [0.25, 0.3) is 5.56 Å². The Morgan fingerprint density at radius 2 is 2.14 bits per heavy atom. The number of likely N-dealkylation sites (N-methyl/N-ethyl adjacent to an activating group) is 1. The zero-order valence-corrected chi connectivity index (χ0v) is 13.9. The smallest absolute Gasteiger partial charge is 0.287 e. The third kappa shape index (κ3) is 5.65. The first-order chi connectivity index (χ1) is 9.76. The van der Waals surface area contributed by atoms with Gasteiger partial charge in [0.05, 0.1) is 18.4 Å². The van der Waals surface area contributed by atoms with Crippen molar-refractivity contribution in [2.75, 3.05) is 39.1 Å². The highest BCUT2D eigenvalue weighted by atomic mass is 35.5. The number of anilines is 1. The van der Waals surface area contributed by atoms with E-state index in [0.717, 1.165) is 6.54 Å². The summed E-state index contributed by atoms with van der Waals surface area (Å²) in [5.74, 6) is 0. The van der Waals surface area contributed by atoms with Crippen LogP contribution in [0.5, 0.6) is 0 Å². The Balaban J connectivity index is 2.78. The number of hydrogen-bond acceptors (Lipinski definition) is 5. The first-order valence-corrected chi connectivity index (χ1v) is 7.40. The molecule has 0 aromatic carbocycles. The molecule has 0 spiro atoms. The van der Waals surface area contributed by atoms with Crippen molar-refractivity contribution in [2.24, 2.45) is 5.41 Å². The molecule has 120 valence electrons. The summed E-state index contributed by atoms with van der Waals surface area (Å²) in [6.45, 7) is 6.04. The lowest BCUT2D eigenvalue weighted by molar-refractivity contribution is 0.220. The van der Waals surface area contributed by atoms with E-state index in [0.29, 0.717) is 25.2 Å². The second-order valence-corrected chi connectivity index (χ2v) is 6.57. The molecule has 0 unspecified atom stereocenters. The maximum atomic E-state index is 12.1. The quantitative estimate of drug-likeness (QED) is 0.756. The van der Waals surface area contributed by atoms with E-state index < -0.39 is 0 Å². The third-order valence-corrected chi connectivity index (χ3v) is 3.66. The second-order valence-electron chi connectivity index (χ2n) is 6.20. The fourth-order valence-corrected chi connectivity index (χ4v) is 1.98. The van der Waals surface area contributed by atoms with Gasteiger partial charge in [0, 0.05) is 19.7 Å². The van der Waals surface area contributed by atoms with Gasteiger partial charge in [0.15, 0.2) is 0 Å². The Labute approximate surface area is 130 Å². The van der Waals surface area contributed by atoms with Crippen LogP contribution in [-0.4, -0.2) is 53.6 Å². The van der Waals surface area contributed by atoms with Gasteiger partial charge >= 0.3 is 0 Å². The van der Waals surface area contributed by atoms with Gasteiger partial charge in [-0.1, -0.05) is 25.4 Å². The van der Waals surface area contributed by atoms with Crippen LogP contribution in [0.1, 0.15) is 20.3 Å². The van der Waals surface area contributed by atoms with Crippen molar-refractivity contribution in [3.8, 4) is 0 Å². The van der Waals surface area contributed by atoms with Crippen molar-refractivity contribution in [3.05, 3.63) is 21.6 Å². The zero-order valence-electron chi connectivity index (χ0n) is 13.2. The number of rotatable bonds is 8. The monoisotopic (exact) mass is 316 g/mol. The summed E-state index contributed by atoms with van der Waals surface area (Å²) in [6, 6.07) is 0. The molecule has 2 N–H and O–H groups in total. The van der Waals surface area contributed by atoms with Crippen LogP contribution in [0.4, 0.5) is 5.69 Å². The van der Waals surface area contributed by atoms with Gasteiger partial charge in [-0.05, 0) is 25.9 Å². The van der Waals surface area contributed by atoms with Crippen LogP contribution in [0.3, 0.4) is 0 Å². The standard InChI is InChI=1S/C14H25ClN4O2/c1-14(2,5-8-20)10-16-11-9-17-19(7-6-18(3)4)13(21)12(11)15/h9,16,20H,5-8,10H2,1-4H3. The molecule has 0 fully saturated rings. The van der Waals surface area contributed by atoms with Crippen molar-refractivity contribution < 1.29 is 5.11 Å². The molecular weight excluding hydrogens is 292 g/mol. The molecule has 1 aromatic rings. The minimum absolute atomic E-state index is 0.0855. The Bertz CT molecular complexity index is 514. The van der Waals surface area contributed by atoms with Crippen LogP contribution in [0.15, 0.2) is 11.0 Å². The van der Waals surface area contributed by atoms with E-state index in [1.807, 2.05) is 32.8 Å². The number of hydrogen-bond donors (Lipinski definition) is 2. The molecule has 0 aliphatic heterocycles. The van der Waals surface area contributed by atoms with Crippen LogP contribution < -0.4 is 10.9 Å². The van der Waals surface area contributed by atoms with E-state index in [1.165, 1.54) is 4.68 Å². The van der Waals surface area contributed by atoms with E-state index >= 15 is 0 Å². The average Bonchev–Trinajstić information content (AvgIpc) is 2.39. The molecule has 0 atom stereocenters. The minimum Gasteiger partial charge on any atom is -0.396 e. The van der Waals surface area contributed by atoms with Gasteiger partial charge < -0.3 is 15.3 Å². The molecule has 7 heteroatoms. The Morgan fingerprint density at radius 3 is 2.71 bits per heavy atom. The molecule has 0 radical (unpaired) electrons. The Hall–Kier alpha value is -1.11. The molecule has 0 saturated heterocycles. The maximum absolute atomic E-state index is 12.1. The molecule has 0 bridgehead atoms. The van der Waals surface area contributed by atoms with Gasteiger partial charge in [-0.3, -0.25) is 4.79 Å². The lowest BCUT2D eigenvalue weighted by Gasteiger charge is -2.24. The number of aliphatic hydroxyl groups excluding tert-OH is 1. The molecule has 1 heterocycles. The van der Waals surface area contributed by atoms with Crippen LogP contribution in [0.25, 0.3) is 0 Å². The van der Waals surface area contributed by atoms with Gasteiger partial charge in [-0.15, -0.1) is 0 Å². The minimum atomic E-state index is -0.288. The van der Waals surface area contributed by atoms with Crippen molar-refractivity contribution in [2.45, 2.75) is 26.8 Å². The molecule has 1 aromatic heterocycles. The topological polar surface area (TPSA) is 70.4 Å². The highest BCUT2D eigenvalue weighted by molar-refractivity contribution is 6.32. The molecule has 0 amide bonds. The number of aliphatic hydroxyl groups is 1. The number of aromatic nitrogens is 2. The van der Waals surface area contributed by atoms with Gasteiger partial charge in [-0.25, -0.2) is 4.68 Å². The summed E-state index contributed by atoms with van der Waals surface area (Å²) in [7, 11) is 3.87. The SMILES string of the molecule is CN(C)CCn1ncc(NCC(C)(C)CCO)c(Cl)c1=O. The molecule has 6 nitrogen and oxygen atoms in total. The summed E-state index contributed by atoms with van der Waals surface area (Å²) in [6.07, 6.45) is 2.25. The Morgan fingerprint density at radius 1 is 1.48 bits per heavy atom. The lowest BCUT2D eigenvalue weighted by atomic mass is 9.90. The first-order valence-electron chi connectivity index (χ1n) is 7.02. The third-order valence-electron chi connectivity index (χ3n) is 3.29. The van der Waals surface area contributed by atoms with Crippen LogP contribution in [0.2, 0.25) is 5.02 Å². The molecule has 0 aliphatic carbocycles. The predicted octanol–water partition coefficient (Wildman–Crippen LogP) is 1.28. The van der Waals surface area contributed by atoms with Crippen LogP contribution in [-0.2, 0) is 6.54 Å². The van der Waals surface area contributed by atoms with E-state index in [1.54, 1.807) is 6.20 Å². The molecule has 1 rings (SSSR count). The molecule has 0 aliphatic rings. The molecular formula is C14H25ClN4O2. The molecule has 0 saturated carbocycles. The average molecular weight is 317 g/mol. The van der Waals surface area contributed by atoms with Crippen LogP contribution in [0, 0.1) is 5.41 Å². The summed E-state index contributed by atoms with van der Waals surface area (Å²) in [5.41, 5.74) is 0.162. The van der Waals surface area contributed by atoms with Crippen molar-refractivity contribution in [3.63, 3.8) is 0 Å². The van der Waals surface area contributed by atoms with Crippen molar-refractivity contribution in [1.82, 2.24) is 14.7 Å². The summed E-state index contributed by atoms with van der Waals surface area (Å²) in [5, 5.41) is 16.5. The van der Waals surface area contributed by atoms with Gasteiger partial charge in [0.1, 0.15) is 5.02 Å². The largest absolute Gasteiger partial charge is 0.396 e. The lowest BCUT2D eigenvalue weighted by Crippen LogP contribution is -2.30. The summed E-state index contributed by atoms with van der Waals surface area (Å²) in [4.78, 5) is 14.1. The van der Waals surface area contributed by atoms with E-state index in [4.69, 9.17) is 16.7 Å². The fourth-order valence-electron chi connectivity index (χ4n) is 1.77. The zero-order chi connectivity index (χ0) is 16.0. The van der Waals surface area contributed by atoms with Crippen LogP contribution >= 0.6 is 11.6 Å². The predicted molar refractivity (Wildman–Crippen MR) is 86.0 cm³/mol. The Kier molecular flexibility index (Phi) is 6.64. The molecule has 21 heavy (non-hydrogen) atoms. The normalized spacial score (nSPS) is 12.0. The summed E-state index contributed by atoms with van der Waals surface area (Å²) < 4.78 is 1.37. The highest BCUT2D eigenvalue weighted by Crippen LogP contribution is 2.22. The van der Waals surface area contributed by atoms with Gasteiger partial charge in [0.2, 0.25) is 0 Å². The summed E-state index contributed by atoms with van der Waals surface area (Å²) >= 11 is 6.12. The second kappa shape index (κ2) is 7.77. The number of halogens is 1. The highest BCUT2D eigenvalue weighted by Gasteiger charge is 2.18. The van der Waals surface area contributed by atoms with Crippen molar-refractivity contribution >= 4 is 17.3 Å². The number of nitrogens with one attached hydrogen (secondary N) is 1. The van der Waals surface area contributed by atoms with Crippen molar-refractivity contribution in [1.29, 1.82) is 0 Å². The first kappa shape index (κ1) is 17.9. The van der Waals surface area contributed by atoms with E-state index in [9.17, 15) is 4.79 Å². The van der Waals surface area contributed by atoms with E-state index in [-0.39, 0.29) is 22.6 Å².